The highest BCUT2D eigenvalue weighted by molar-refractivity contribution is 6.35. The van der Waals surface area contributed by atoms with Crippen LogP contribution in [0.2, 0.25) is 5.02 Å². The molecule has 1 aliphatic rings. The minimum absolute atomic E-state index is 0.0290. The van der Waals surface area contributed by atoms with Crippen LogP contribution in [-0.4, -0.2) is 44.7 Å². The molecule has 1 aliphatic heterocycles. The summed E-state index contributed by atoms with van der Waals surface area (Å²) in [5, 5.41) is 2.79. The molecule has 216 valence electrons. The highest BCUT2D eigenvalue weighted by Gasteiger charge is 2.30. The second-order valence-corrected chi connectivity index (χ2v) is 11.1. The van der Waals surface area contributed by atoms with E-state index in [1.165, 1.54) is 4.57 Å². The van der Waals surface area contributed by atoms with E-state index in [1.807, 2.05) is 32.6 Å². The van der Waals surface area contributed by atoms with Crippen LogP contribution in [0.5, 0.6) is 0 Å². The molecule has 0 bridgehead atoms. The van der Waals surface area contributed by atoms with E-state index in [0.29, 0.717) is 30.0 Å². The van der Waals surface area contributed by atoms with E-state index in [2.05, 4.69) is 20.3 Å². The zero-order valence-corrected chi connectivity index (χ0v) is 23.7. The summed E-state index contributed by atoms with van der Waals surface area (Å²) in [6.07, 6.45) is 1.60. The number of fused-ring (bicyclic) bond motifs is 1. The molecule has 4 heterocycles. The Kier molecular flexibility index (Phi) is 7.41. The van der Waals surface area contributed by atoms with Gasteiger partial charge in [-0.3, -0.25) is 4.98 Å². The van der Waals surface area contributed by atoms with E-state index in [1.54, 1.807) is 19.2 Å². The topological polar surface area (TPSA) is 102 Å². The van der Waals surface area contributed by atoms with Crippen molar-refractivity contribution in [2.45, 2.75) is 52.6 Å². The van der Waals surface area contributed by atoms with Gasteiger partial charge in [-0.1, -0.05) is 25.4 Å². The van der Waals surface area contributed by atoms with Crippen LogP contribution >= 0.6 is 11.6 Å². The summed E-state index contributed by atoms with van der Waals surface area (Å²) >= 11 is 6.11. The number of nitrogens with zero attached hydrogens (tertiary/aromatic N) is 5. The van der Waals surface area contributed by atoms with Gasteiger partial charge in [0.15, 0.2) is 28.9 Å². The van der Waals surface area contributed by atoms with Gasteiger partial charge in [0.05, 0.1) is 33.0 Å². The standard InChI is InChI=1S/C28H28ClF4N7O/c1-11(2)23-25(12(3)6-7-35-23)40-27-15(26(38-28(40)41)39-9-13(4)36-14(5)10-39)8-16(30)24(37-27)17-18(29)22(34)21(33)20(32)19(17)31/h6-8,11,13-14,36H,9-10,34H2,1-5H3/t13-,14+. The summed E-state index contributed by atoms with van der Waals surface area (Å²) in [7, 11) is 0. The number of hydrogen-bond donors (Lipinski definition) is 2. The minimum atomic E-state index is -1.93. The van der Waals surface area contributed by atoms with Crippen LogP contribution in [0, 0.1) is 30.2 Å². The van der Waals surface area contributed by atoms with Gasteiger partial charge in [-0.05, 0) is 44.4 Å². The number of hydrogen-bond acceptors (Lipinski definition) is 7. The lowest BCUT2D eigenvalue weighted by Gasteiger charge is -2.37. The van der Waals surface area contributed by atoms with Crippen LogP contribution in [0.3, 0.4) is 0 Å². The molecule has 5 rings (SSSR count). The van der Waals surface area contributed by atoms with E-state index in [9.17, 15) is 13.6 Å². The maximum Gasteiger partial charge on any atom is 0.355 e. The zero-order chi connectivity index (χ0) is 29.9. The van der Waals surface area contributed by atoms with E-state index in [0.717, 1.165) is 6.07 Å². The van der Waals surface area contributed by atoms with Crippen LogP contribution in [0.4, 0.5) is 29.1 Å². The van der Waals surface area contributed by atoms with Gasteiger partial charge in [-0.15, -0.1) is 0 Å². The zero-order valence-electron chi connectivity index (χ0n) is 23.0. The number of pyridine rings is 2. The Labute approximate surface area is 238 Å². The quantitative estimate of drug-likeness (QED) is 0.145. The maximum atomic E-state index is 15.8. The molecule has 0 unspecified atom stereocenters. The number of piperazine rings is 1. The number of rotatable bonds is 4. The number of halogens is 5. The number of aryl methyl sites for hydroxylation is 1. The molecule has 8 nitrogen and oxygen atoms in total. The Morgan fingerprint density at radius 1 is 1.07 bits per heavy atom. The van der Waals surface area contributed by atoms with Crippen molar-refractivity contribution in [1.29, 1.82) is 0 Å². The summed E-state index contributed by atoms with van der Waals surface area (Å²) in [5.74, 6) is -6.44. The molecule has 4 aromatic rings. The molecule has 3 aromatic heterocycles. The second-order valence-electron chi connectivity index (χ2n) is 10.7. The van der Waals surface area contributed by atoms with Crippen LogP contribution in [-0.2, 0) is 0 Å². The molecular formula is C28H28ClF4N7O. The molecule has 0 aliphatic carbocycles. The molecular weight excluding hydrogens is 562 g/mol. The van der Waals surface area contributed by atoms with Crippen LogP contribution in [0.1, 0.15) is 44.9 Å². The summed E-state index contributed by atoms with van der Waals surface area (Å²) in [6.45, 7) is 10.4. The van der Waals surface area contributed by atoms with E-state index >= 15 is 8.78 Å². The normalized spacial score (nSPS) is 17.6. The Bertz CT molecular complexity index is 1720. The number of anilines is 2. The molecule has 1 aromatic carbocycles. The van der Waals surface area contributed by atoms with Gasteiger partial charge in [0, 0.05) is 31.4 Å². The fraction of sp³-hybridized carbons (Fsp3) is 0.357. The summed E-state index contributed by atoms with van der Waals surface area (Å²) in [5.41, 5.74) is 3.81. The van der Waals surface area contributed by atoms with E-state index in [4.69, 9.17) is 17.3 Å². The number of nitrogens with two attached hydrogens (primary N) is 1. The summed E-state index contributed by atoms with van der Waals surface area (Å²) in [4.78, 5) is 28.9. The Hall–Kier alpha value is -3.77. The fourth-order valence-electron chi connectivity index (χ4n) is 5.37. The van der Waals surface area contributed by atoms with Crippen molar-refractivity contribution in [2.24, 2.45) is 0 Å². The third kappa shape index (κ3) is 4.78. The molecule has 1 fully saturated rings. The highest BCUT2D eigenvalue weighted by Crippen LogP contribution is 2.40. The maximum absolute atomic E-state index is 15.8. The van der Waals surface area contributed by atoms with Crippen molar-refractivity contribution in [3.05, 3.63) is 68.4 Å². The van der Waals surface area contributed by atoms with Crippen LogP contribution in [0.25, 0.3) is 28.0 Å². The van der Waals surface area contributed by atoms with Crippen molar-refractivity contribution in [3.63, 3.8) is 0 Å². The van der Waals surface area contributed by atoms with Gasteiger partial charge in [0.2, 0.25) is 0 Å². The molecule has 1 saturated heterocycles. The van der Waals surface area contributed by atoms with Crippen LogP contribution in [0.15, 0.2) is 23.1 Å². The summed E-state index contributed by atoms with van der Waals surface area (Å²) < 4.78 is 60.7. The largest absolute Gasteiger partial charge is 0.395 e. The smallest absolute Gasteiger partial charge is 0.355 e. The first kappa shape index (κ1) is 28.7. The molecule has 0 radical (unpaired) electrons. The number of benzene rings is 1. The molecule has 41 heavy (non-hydrogen) atoms. The molecule has 0 saturated carbocycles. The van der Waals surface area contributed by atoms with Crippen LogP contribution < -0.4 is 21.6 Å². The first-order valence-corrected chi connectivity index (χ1v) is 13.4. The van der Waals surface area contributed by atoms with Gasteiger partial charge < -0.3 is 16.0 Å². The first-order chi connectivity index (χ1) is 19.3. The van der Waals surface area contributed by atoms with Gasteiger partial charge in [-0.2, -0.15) is 4.98 Å². The summed E-state index contributed by atoms with van der Waals surface area (Å²) in [6, 6.07) is 2.80. The molecule has 0 amide bonds. The van der Waals surface area contributed by atoms with Gasteiger partial charge in [0.25, 0.3) is 0 Å². The van der Waals surface area contributed by atoms with Gasteiger partial charge in [-0.25, -0.2) is 31.9 Å². The number of nitrogens with one attached hydrogen (secondary N) is 1. The first-order valence-electron chi connectivity index (χ1n) is 13.0. The lowest BCUT2D eigenvalue weighted by atomic mass is 10.0. The Morgan fingerprint density at radius 3 is 2.37 bits per heavy atom. The fourth-order valence-corrected chi connectivity index (χ4v) is 5.62. The SMILES string of the molecule is Cc1ccnc(C(C)C)c1-n1c(=O)nc(N2C[C@@H](C)N[C@@H](C)C2)c2cc(F)c(-c3c(F)c(F)c(F)c(N)c3Cl)nc21. The Balaban J connectivity index is 1.93. The number of nitrogen functional groups attached to an aromatic ring is 1. The van der Waals surface area contributed by atoms with Crippen molar-refractivity contribution >= 4 is 34.1 Å². The highest BCUT2D eigenvalue weighted by atomic mass is 35.5. The third-order valence-corrected chi connectivity index (χ3v) is 7.51. The second kappa shape index (κ2) is 10.6. The van der Waals surface area contributed by atoms with Gasteiger partial charge in [0.1, 0.15) is 11.5 Å². The third-order valence-electron chi connectivity index (χ3n) is 7.12. The Morgan fingerprint density at radius 2 is 1.73 bits per heavy atom. The van der Waals surface area contributed by atoms with E-state index < -0.39 is 50.9 Å². The van der Waals surface area contributed by atoms with E-state index in [-0.39, 0.29) is 34.9 Å². The predicted molar refractivity (Wildman–Crippen MR) is 151 cm³/mol. The number of aromatic nitrogens is 4. The van der Waals surface area contributed by atoms with Crippen molar-refractivity contribution in [1.82, 2.24) is 24.8 Å². The average molecular weight is 590 g/mol. The lowest BCUT2D eigenvalue weighted by molar-refractivity contribution is 0.405. The molecule has 13 heteroatoms. The monoisotopic (exact) mass is 589 g/mol. The lowest BCUT2D eigenvalue weighted by Crippen LogP contribution is -2.55. The van der Waals surface area contributed by atoms with Crippen molar-refractivity contribution < 1.29 is 17.6 Å². The predicted octanol–water partition coefficient (Wildman–Crippen LogP) is 5.25. The molecule has 2 atom stereocenters. The van der Waals surface area contributed by atoms with Gasteiger partial charge >= 0.3 is 5.69 Å². The van der Waals surface area contributed by atoms with Crippen molar-refractivity contribution in [3.8, 4) is 16.9 Å². The average Bonchev–Trinajstić information content (AvgIpc) is 2.91. The molecule has 3 N–H and O–H groups in total. The molecule has 0 spiro atoms. The van der Waals surface area contributed by atoms with Crippen molar-refractivity contribution in [2.75, 3.05) is 23.7 Å². The minimum Gasteiger partial charge on any atom is -0.395 e.